The van der Waals surface area contributed by atoms with Gasteiger partial charge < -0.3 is 4.57 Å². The number of hydrogen-bond acceptors (Lipinski definition) is 5. The van der Waals surface area contributed by atoms with Crippen LogP contribution in [0.3, 0.4) is 0 Å². The standard InChI is InChI=1S/C10H15ClN6S/c1-7(2)5-17-10(13-14-15-17)18-6-9-12-4-8(11)16(9)3/h4,7H,5-6H2,1-3H3. The molecular weight excluding hydrogens is 272 g/mol. The molecule has 0 fully saturated rings. The Labute approximate surface area is 115 Å². The van der Waals surface area contributed by atoms with E-state index in [-0.39, 0.29) is 0 Å². The van der Waals surface area contributed by atoms with Crippen molar-refractivity contribution >= 4 is 23.4 Å². The maximum atomic E-state index is 5.94. The van der Waals surface area contributed by atoms with Crippen LogP contribution in [0.15, 0.2) is 11.4 Å². The van der Waals surface area contributed by atoms with E-state index in [0.29, 0.717) is 16.8 Å². The van der Waals surface area contributed by atoms with Crippen molar-refractivity contribution in [1.29, 1.82) is 0 Å². The van der Waals surface area contributed by atoms with E-state index < -0.39 is 0 Å². The van der Waals surface area contributed by atoms with Crippen molar-refractivity contribution in [3.8, 4) is 0 Å². The van der Waals surface area contributed by atoms with Crippen molar-refractivity contribution < 1.29 is 0 Å². The molecule has 2 heterocycles. The molecule has 0 aliphatic carbocycles. The fourth-order valence-corrected chi connectivity index (χ4v) is 2.47. The molecule has 0 amide bonds. The maximum absolute atomic E-state index is 5.94. The first-order chi connectivity index (χ1) is 8.58. The predicted octanol–water partition coefficient (Wildman–Crippen LogP) is 2.01. The van der Waals surface area contributed by atoms with E-state index >= 15 is 0 Å². The first-order valence-electron chi connectivity index (χ1n) is 5.63. The van der Waals surface area contributed by atoms with Gasteiger partial charge >= 0.3 is 0 Å². The van der Waals surface area contributed by atoms with Crippen molar-refractivity contribution in [1.82, 2.24) is 29.8 Å². The highest BCUT2D eigenvalue weighted by Gasteiger charge is 2.11. The molecule has 0 saturated heterocycles. The van der Waals surface area contributed by atoms with E-state index in [1.807, 2.05) is 16.3 Å². The quantitative estimate of drug-likeness (QED) is 0.787. The molecule has 6 nitrogen and oxygen atoms in total. The van der Waals surface area contributed by atoms with Crippen molar-refractivity contribution in [3.63, 3.8) is 0 Å². The second-order valence-corrected chi connectivity index (χ2v) is 5.71. The summed E-state index contributed by atoms with van der Waals surface area (Å²) in [6.45, 7) is 5.08. The fourth-order valence-electron chi connectivity index (χ4n) is 1.45. The molecule has 0 bridgehead atoms. The van der Waals surface area contributed by atoms with E-state index in [4.69, 9.17) is 11.6 Å². The lowest BCUT2D eigenvalue weighted by Gasteiger charge is -2.06. The molecule has 8 heteroatoms. The summed E-state index contributed by atoms with van der Waals surface area (Å²) in [6, 6.07) is 0. The zero-order valence-electron chi connectivity index (χ0n) is 10.5. The number of aromatic nitrogens is 6. The second-order valence-electron chi connectivity index (χ2n) is 4.38. The highest BCUT2D eigenvalue weighted by atomic mass is 35.5. The van der Waals surface area contributed by atoms with Crippen molar-refractivity contribution in [2.45, 2.75) is 31.3 Å². The average Bonchev–Trinajstić information content (AvgIpc) is 2.86. The topological polar surface area (TPSA) is 61.4 Å². The Hall–Kier alpha value is -1.08. The Morgan fingerprint density at radius 3 is 2.83 bits per heavy atom. The first-order valence-corrected chi connectivity index (χ1v) is 6.99. The molecule has 0 aliphatic rings. The van der Waals surface area contributed by atoms with Crippen molar-refractivity contribution in [2.75, 3.05) is 0 Å². The van der Waals surface area contributed by atoms with Crippen LogP contribution >= 0.6 is 23.4 Å². The number of thioether (sulfide) groups is 1. The normalized spacial score (nSPS) is 11.4. The van der Waals surface area contributed by atoms with Crippen LogP contribution in [0.1, 0.15) is 19.7 Å². The highest BCUT2D eigenvalue weighted by Crippen LogP contribution is 2.21. The summed E-state index contributed by atoms with van der Waals surface area (Å²) in [5.74, 6) is 2.11. The van der Waals surface area contributed by atoms with Gasteiger partial charge in [0.2, 0.25) is 5.16 Å². The van der Waals surface area contributed by atoms with E-state index in [1.165, 1.54) is 0 Å². The van der Waals surface area contributed by atoms with Crippen LogP contribution in [-0.2, 0) is 19.3 Å². The van der Waals surface area contributed by atoms with Crippen LogP contribution in [0.25, 0.3) is 0 Å². The largest absolute Gasteiger partial charge is 0.322 e. The first kappa shape index (κ1) is 13.4. The smallest absolute Gasteiger partial charge is 0.209 e. The van der Waals surface area contributed by atoms with E-state index in [0.717, 1.165) is 17.5 Å². The molecule has 0 unspecified atom stereocenters. The van der Waals surface area contributed by atoms with Crippen LogP contribution in [0.2, 0.25) is 5.15 Å². The van der Waals surface area contributed by atoms with Gasteiger partial charge in [0.25, 0.3) is 0 Å². The van der Waals surface area contributed by atoms with Crippen LogP contribution in [-0.4, -0.2) is 29.8 Å². The molecule has 2 aromatic heterocycles. The molecule has 0 saturated carbocycles. The van der Waals surface area contributed by atoms with Gasteiger partial charge in [-0.3, -0.25) is 0 Å². The lowest BCUT2D eigenvalue weighted by atomic mass is 10.2. The molecule has 0 atom stereocenters. The minimum absolute atomic E-state index is 0.510. The number of hydrogen-bond donors (Lipinski definition) is 0. The summed E-state index contributed by atoms with van der Waals surface area (Å²) in [4.78, 5) is 4.24. The van der Waals surface area contributed by atoms with Gasteiger partial charge in [-0.05, 0) is 16.3 Å². The van der Waals surface area contributed by atoms with Crippen LogP contribution < -0.4 is 0 Å². The van der Waals surface area contributed by atoms with Gasteiger partial charge in [0.05, 0.1) is 11.9 Å². The Morgan fingerprint density at radius 1 is 1.44 bits per heavy atom. The lowest BCUT2D eigenvalue weighted by Crippen LogP contribution is -2.08. The molecule has 98 valence electrons. The lowest BCUT2D eigenvalue weighted by molar-refractivity contribution is 0.445. The summed E-state index contributed by atoms with van der Waals surface area (Å²) >= 11 is 7.50. The zero-order chi connectivity index (χ0) is 13.1. The summed E-state index contributed by atoms with van der Waals surface area (Å²) in [6.07, 6.45) is 1.65. The Balaban J connectivity index is 2.02. The maximum Gasteiger partial charge on any atom is 0.209 e. The Morgan fingerprint density at radius 2 is 2.22 bits per heavy atom. The molecule has 2 rings (SSSR count). The predicted molar refractivity (Wildman–Crippen MR) is 70.4 cm³/mol. The SMILES string of the molecule is CC(C)Cn1nnnc1SCc1ncc(Cl)n1C. The number of rotatable bonds is 5. The molecule has 0 aliphatic heterocycles. The summed E-state index contributed by atoms with van der Waals surface area (Å²) in [5.41, 5.74) is 0. The molecule has 0 radical (unpaired) electrons. The molecule has 0 aromatic carbocycles. The summed E-state index contributed by atoms with van der Waals surface area (Å²) < 4.78 is 3.67. The minimum atomic E-state index is 0.510. The monoisotopic (exact) mass is 286 g/mol. The summed E-state index contributed by atoms with van der Waals surface area (Å²) in [7, 11) is 1.89. The van der Waals surface area contributed by atoms with E-state index in [1.54, 1.807) is 18.0 Å². The van der Waals surface area contributed by atoms with Crippen LogP contribution in [0, 0.1) is 5.92 Å². The van der Waals surface area contributed by atoms with Crippen LogP contribution in [0.5, 0.6) is 0 Å². The van der Waals surface area contributed by atoms with Gasteiger partial charge in [-0.1, -0.05) is 37.2 Å². The van der Waals surface area contributed by atoms with E-state index in [9.17, 15) is 0 Å². The van der Waals surface area contributed by atoms with Gasteiger partial charge in [-0.25, -0.2) is 9.67 Å². The molecule has 0 N–H and O–H groups in total. The average molecular weight is 287 g/mol. The number of halogens is 1. The summed E-state index contributed by atoms with van der Waals surface area (Å²) in [5, 5.41) is 13.1. The molecular formula is C10H15ClN6S. The minimum Gasteiger partial charge on any atom is -0.322 e. The number of nitrogens with zero attached hydrogens (tertiary/aromatic N) is 6. The highest BCUT2D eigenvalue weighted by molar-refractivity contribution is 7.98. The Bertz CT molecular complexity index is 520. The third-order valence-corrected chi connectivity index (χ3v) is 3.70. The second kappa shape index (κ2) is 5.71. The van der Waals surface area contributed by atoms with Gasteiger partial charge in [0.1, 0.15) is 11.0 Å². The van der Waals surface area contributed by atoms with Crippen molar-refractivity contribution in [3.05, 3.63) is 17.2 Å². The zero-order valence-corrected chi connectivity index (χ0v) is 12.1. The van der Waals surface area contributed by atoms with Gasteiger partial charge in [-0.2, -0.15) is 0 Å². The van der Waals surface area contributed by atoms with Gasteiger partial charge in [-0.15, -0.1) is 5.10 Å². The van der Waals surface area contributed by atoms with Crippen LogP contribution in [0.4, 0.5) is 0 Å². The van der Waals surface area contributed by atoms with Gasteiger partial charge in [0.15, 0.2) is 0 Å². The number of imidazole rings is 1. The molecule has 2 aromatic rings. The van der Waals surface area contributed by atoms with Crippen molar-refractivity contribution in [2.24, 2.45) is 13.0 Å². The Kier molecular flexibility index (Phi) is 4.23. The van der Waals surface area contributed by atoms with Gasteiger partial charge in [0, 0.05) is 13.6 Å². The van der Waals surface area contributed by atoms with E-state index in [2.05, 4.69) is 34.4 Å². The number of tetrazole rings is 1. The third-order valence-electron chi connectivity index (χ3n) is 2.40. The third kappa shape index (κ3) is 3.02. The molecule has 0 spiro atoms. The molecule has 18 heavy (non-hydrogen) atoms. The fraction of sp³-hybridized carbons (Fsp3) is 0.600.